The fraction of sp³-hybridized carbons (Fsp3) is 0.429. The number of benzene rings is 1. The third kappa shape index (κ3) is 4.55. The third-order valence-electron chi connectivity index (χ3n) is 2.99. The molecule has 1 unspecified atom stereocenters. The van der Waals surface area contributed by atoms with E-state index in [1.165, 1.54) is 24.3 Å². The van der Waals surface area contributed by atoms with Crippen molar-refractivity contribution in [1.82, 2.24) is 5.32 Å². The van der Waals surface area contributed by atoms with E-state index in [-0.39, 0.29) is 12.2 Å². The molecule has 7 heteroatoms. The topological polar surface area (TPSA) is 110 Å². The second kappa shape index (κ2) is 6.34. The lowest BCUT2D eigenvalue weighted by Gasteiger charge is -2.25. The quantitative estimate of drug-likeness (QED) is 0.490. The Morgan fingerprint density at radius 2 is 1.81 bits per heavy atom. The number of hydrogen-bond donors (Lipinski definition) is 2. The molecule has 7 nitrogen and oxygen atoms in total. The van der Waals surface area contributed by atoms with E-state index in [0.717, 1.165) is 0 Å². The minimum atomic E-state index is -1.18. The average Bonchev–Trinajstić information content (AvgIpc) is 2.34. The summed E-state index contributed by atoms with van der Waals surface area (Å²) in [5, 5.41) is 22.2. The molecule has 0 aromatic heterocycles. The Hall–Kier alpha value is -2.44. The summed E-state index contributed by atoms with van der Waals surface area (Å²) >= 11 is 0. The monoisotopic (exact) mass is 294 g/mol. The molecule has 1 aromatic rings. The molecule has 1 rings (SSSR count). The predicted octanol–water partition coefficient (Wildman–Crippen LogP) is 1.96. The van der Waals surface area contributed by atoms with Crippen molar-refractivity contribution in [3.05, 3.63) is 39.9 Å². The van der Waals surface area contributed by atoms with Crippen molar-refractivity contribution in [2.24, 2.45) is 11.3 Å². The van der Waals surface area contributed by atoms with Crippen molar-refractivity contribution in [3.8, 4) is 0 Å². The number of non-ortho nitro benzene ring substituents is 1. The molecule has 1 atom stereocenters. The lowest BCUT2D eigenvalue weighted by Crippen LogP contribution is -2.42. The van der Waals surface area contributed by atoms with Crippen LogP contribution in [0.5, 0.6) is 0 Å². The summed E-state index contributed by atoms with van der Waals surface area (Å²) in [4.78, 5) is 33.2. The van der Waals surface area contributed by atoms with Crippen LogP contribution in [0.4, 0.5) is 5.69 Å². The number of carbonyl (C=O) groups is 2. The van der Waals surface area contributed by atoms with Crippen LogP contribution < -0.4 is 5.32 Å². The molecule has 0 aliphatic heterocycles. The van der Waals surface area contributed by atoms with Crippen LogP contribution >= 0.6 is 0 Å². The molecule has 0 heterocycles. The van der Waals surface area contributed by atoms with Gasteiger partial charge in [0.15, 0.2) is 0 Å². The Bertz CT molecular complexity index is 545. The number of carboxylic acid groups (broad SMARTS) is 1. The van der Waals surface area contributed by atoms with Gasteiger partial charge in [-0.2, -0.15) is 0 Å². The van der Waals surface area contributed by atoms with Gasteiger partial charge in [-0.25, -0.2) is 0 Å². The molecular formula is C14H18N2O5. The van der Waals surface area contributed by atoms with Gasteiger partial charge in [0.2, 0.25) is 5.91 Å². The minimum absolute atomic E-state index is 0.0387. The van der Waals surface area contributed by atoms with Crippen LogP contribution in [-0.4, -0.2) is 21.9 Å². The van der Waals surface area contributed by atoms with Crippen molar-refractivity contribution < 1.29 is 19.6 Å². The molecule has 0 saturated carbocycles. The van der Waals surface area contributed by atoms with Crippen LogP contribution in [0.25, 0.3) is 0 Å². The Balaban J connectivity index is 2.71. The van der Waals surface area contributed by atoms with Crippen molar-refractivity contribution in [3.63, 3.8) is 0 Å². The highest BCUT2D eigenvalue weighted by atomic mass is 16.6. The summed E-state index contributed by atoms with van der Waals surface area (Å²) in [5.41, 5.74) is -0.0824. The maximum Gasteiger partial charge on any atom is 0.316 e. The first kappa shape index (κ1) is 16.6. The summed E-state index contributed by atoms with van der Waals surface area (Å²) in [6, 6.07) is 5.70. The Labute approximate surface area is 122 Å². The summed E-state index contributed by atoms with van der Waals surface area (Å²) in [7, 11) is 0. The van der Waals surface area contributed by atoms with Gasteiger partial charge < -0.3 is 10.4 Å². The molecule has 0 fully saturated rings. The molecule has 0 bridgehead atoms. The van der Waals surface area contributed by atoms with E-state index in [9.17, 15) is 19.7 Å². The van der Waals surface area contributed by atoms with Crippen LogP contribution in [0, 0.1) is 21.4 Å². The highest BCUT2D eigenvalue weighted by Crippen LogP contribution is 2.26. The van der Waals surface area contributed by atoms with E-state index in [0.29, 0.717) is 5.56 Å². The number of rotatable bonds is 5. The van der Waals surface area contributed by atoms with E-state index < -0.39 is 28.1 Å². The Kier molecular flexibility index (Phi) is 5.02. The molecule has 1 amide bonds. The molecule has 114 valence electrons. The highest BCUT2D eigenvalue weighted by Gasteiger charge is 2.37. The van der Waals surface area contributed by atoms with Crippen LogP contribution in [0.1, 0.15) is 26.3 Å². The van der Waals surface area contributed by atoms with Crippen LogP contribution in [-0.2, 0) is 16.1 Å². The molecule has 0 aliphatic rings. The van der Waals surface area contributed by atoms with Gasteiger partial charge in [0.05, 0.1) is 4.92 Å². The number of hydrogen-bond acceptors (Lipinski definition) is 4. The lowest BCUT2D eigenvalue weighted by atomic mass is 9.80. The summed E-state index contributed by atoms with van der Waals surface area (Å²) in [6.07, 6.45) is 0. The normalized spacial score (nSPS) is 12.5. The van der Waals surface area contributed by atoms with Crippen molar-refractivity contribution in [1.29, 1.82) is 0 Å². The summed E-state index contributed by atoms with van der Waals surface area (Å²) in [6.45, 7) is 5.16. The van der Waals surface area contributed by atoms with E-state index in [1.54, 1.807) is 20.8 Å². The standard InChI is InChI=1S/C14H18N2O5/c1-14(2,3)11(13(18)19)12(17)15-8-9-4-6-10(7-5-9)16(20)21/h4-7,11H,8H2,1-3H3,(H,15,17)(H,18,19). The third-order valence-corrected chi connectivity index (χ3v) is 2.99. The first-order valence-corrected chi connectivity index (χ1v) is 6.37. The zero-order valence-corrected chi connectivity index (χ0v) is 12.1. The van der Waals surface area contributed by atoms with Crippen molar-refractivity contribution in [2.75, 3.05) is 0 Å². The lowest BCUT2D eigenvalue weighted by molar-refractivity contribution is -0.384. The largest absolute Gasteiger partial charge is 0.481 e. The molecule has 0 spiro atoms. The van der Waals surface area contributed by atoms with Gasteiger partial charge in [0.25, 0.3) is 5.69 Å². The number of nitrogens with one attached hydrogen (secondary N) is 1. The summed E-state index contributed by atoms with van der Waals surface area (Å²) < 4.78 is 0. The minimum Gasteiger partial charge on any atom is -0.481 e. The molecule has 0 saturated heterocycles. The van der Waals surface area contributed by atoms with Gasteiger partial charge in [0, 0.05) is 18.7 Å². The maximum atomic E-state index is 12.0. The van der Waals surface area contributed by atoms with E-state index in [1.807, 2.05) is 0 Å². The van der Waals surface area contributed by atoms with Crippen molar-refractivity contribution >= 4 is 17.6 Å². The van der Waals surface area contributed by atoms with Gasteiger partial charge in [-0.1, -0.05) is 32.9 Å². The Morgan fingerprint density at radius 1 is 1.29 bits per heavy atom. The summed E-state index contributed by atoms with van der Waals surface area (Å²) in [5.74, 6) is -2.91. The SMILES string of the molecule is CC(C)(C)C(C(=O)O)C(=O)NCc1ccc([N+](=O)[O-])cc1. The van der Waals surface area contributed by atoms with E-state index in [2.05, 4.69) is 5.32 Å². The molecule has 0 aliphatic carbocycles. The van der Waals surface area contributed by atoms with Gasteiger partial charge >= 0.3 is 5.97 Å². The number of aliphatic carboxylic acids is 1. The molecular weight excluding hydrogens is 276 g/mol. The number of carbonyl (C=O) groups excluding carboxylic acids is 1. The molecule has 2 N–H and O–H groups in total. The smallest absolute Gasteiger partial charge is 0.316 e. The predicted molar refractivity (Wildman–Crippen MR) is 75.5 cm³/mol. The van der Waals surface area contributed by atoms with Gasteiger partial charge in [0.1, 0.15) is 5.92 Å². The average molecular weight is 294 g/mol. The zero-order chi connectivity index (χ0) is 16.2. The fourth-order valence-electron chi connectivity index (χ4n) is 1.90. The number of nitro benzene ring substituents is 1. The van der Waals surface area contributed by atoms with E-state index in [4.69, 9.17) is 5.11 Å². The van der Waals surface area contributed by atoms with Crippen LogP contribution in [0.3, 0.4) is 0 Å². The maximum absolute atomic E-state index is 12.0. The molecule has 21 heavy (non-hydrogen) atoms. The van der Waals surface area contributed by atoms with E-state index >= 15 is 0 Å². The Morgan fingerprint density at radius 3 is 2.19 bits per heavy atom. The molecule has 0 radical (unpaired) electrons. The number of carboxylic acids is 1. The highest BCUT2D eigenvalue weighted by molar-refractivity contribution is 5.97. The number of nitrogens with zero attached hydrogens (tertiary/aromatic N) is 1. The first-order chi connectivity index (χ1) is 9.62. The van der Waals surface area contributed by atoms with Crippen molar-refractivity contribution in [2.45, 2.75) is 27.3 Å². The second-order valence-electron chi connectivity index (χ2n) is 5.78. The second-order valence-corrected chi connectivity index (χ2v) is 5.78. The number of nitro groups is 1. The first-order valence-electron chi connectivity index (χ1n) is 6.37. The fourth-order valence-corrected chi connectivity index (χ4v) is 1.90. The molecule has 1 aromatic carbocycles. The number of amides is 1. The van der Waals surface area contributed by atoms with Crippen LogP contribution in [0.15, 0.2) is 24.3 Å². The van der Waals surface area contributed by atoms with Gasteiger partial charge in [-0.15, -0.1) is 0 Å². The van der Waals surface area contributed by atoms with Crippen LogP contribution in [0.2, 0.25) is 0 Å². The van der Waals surface area contributed by atoms with Gasteiger partial charge in [-0.3, -0.25) is 19.7 Å². The van der Waals surface area contributed by atoms with Gasteiger partial charge in [-0.05, 0) is 11.0 Å². The zero-order valence-electron chi connectivity index (χ0n) is 12.1.